The van der Waals surface area contributed by atoms with Gasteiger partial charge in [-0.2, -0.15) is 0 Å². The third-order valence-electron chi connectivity index (χ3n) is 3.49. The minimum atomic E-state index is -0.666. The van der Waals surface area contributed by atoms with Crippen molar-refractivity contribution in [2.45, 2.75) is 13.8 Å². The Bertz CT molecular complexity index is 776. The van der Waals surface area contributed by atoms with Crippen molar-refractivity contribution in [1.82, 2.24) is 4.98 Å². The summed E-state index contributed by atoms with van der Waals surface area (Å²) in [6, 6.07) is 3.21. The summed E-state index contributed by atoms with van der Waals surface area (Å²) in [5, 5.41) is 0.617. The van der Waals surface area contributed by atoms with Crippen LogP contribution in [-0.2, 0) is 4.74 Å². The fraction of sp³-hybridized carbons (Fsp3) is 0.200. The maximum Gasteiger partial charge on any atom is 0.358 e. The Morgan fingerprint density at radius 1 is 1.14 bits per heavy atom. The summed E-state index contributed by atoms with van der Waals surface area (Å²) in [4.78, 5) is 16.0. The van der Waals surface area contributed by atoms with Crippen molar-refractivity contribution in [1.29, 1.82) is 0 Å². The van der Waals surface area contributed by atoms with Crippen LogP contribution in [0, 0.1) is 13.8 Å². The van der Waals surface area contributed by atoms with E-state index in [1.54, 1.807) is 12.1 Å². The zero-order valence-corrected chi connectivity index (χ0v) is 13.8. The maximum absolute atomic E-state index is 11.8. The van der Waals surface area contributed by atoms with E-state index in [0.717, 1.165) is 11.1 Å². The summed E-state index contributed by atoms with van der Waals surface area (Å²) < 4.78 is 4.67. The predicted octanol–water partition coefficient (Wildman–Crippen LogP) is 3.62. The number of hydrogen-bond acceptors (Lipinski definition) is 5. The summed E-state index contributed by atoms with van der Waals surface area (Å²) in [5.41, 5.74) is 15.4. The van der Waals surface area contributed by atoms with Gasteiger partial charge in [-0.3, -0.25) is 0 Å². The van der Waals surface area contributed by atoms with Crippen LogP contribution in [0.2, 0.25) is 10.0 Å². The Balaban J connectivity index is 2.77. The number of aromatic nitrogens is 1. The van der Waals surface area contributed by atoms with E-state index in [2.05, 4.69) is 9.72 Å². The molecule has 2 aromatic rings. The van der Waals surface area contributed by atoms with Gasteiger partial charge >= 0.3 is 5.97 Å². The molecule has 0 aliphatic rings. The molecule has 0 amide bonds. The molecule has 2 rings (SSSR count). The highest BCUT2D eigenvalue weighted by Gasteiger charge is 2.20. The van der Waals surface area contributed by atoms with Crippen LogP contribution in [-0.4, -0.2) is 18.1 Å². The molecule has 4 N–H and O–H groups in total. The summed E-state index contributed by atoms with van der Waals surface area (Å²) in [7, 11) is 1.25. The van der Waals surface area contributed by atoms with Gasteiger partial charge in [0.05, 0.1) is 23.5 Å². The number of nitrogens with zero attached hydrogens (tertiary/aromatic N) is 1. The largest absolute Gasteiger partial charge is 0.464 e. The van der Waals surface area contributed by atoms with Crippen molar-refractivity contribution in [3.8, 4) is 11.3 Å². The normalized spacial score (nSPS) is 10.6. The van der Waals surface area contributed by atoms with Gasteiger partial charge in [-0.15, -0.1) is 0 Å². The minimum Gasteiger partial charge on any atom is -0.464 e. The van der Waals surface area contributed by atoms with E-state index in [0.29, 0.717) is 22.0 Å². The molecule has 116 valence electrons. The number of methoxy groups -OCH3 is 1. The van der Waals surface area contributed by atoms with E-state index >= 15 is 0 Å². The number of halogens is 2. The summed E-state index contributed by atoms with van der Waals surface area (Å²) in [5.74, 6) is -0.666. The highest BCUT2D eigenvalue weighted by atomic mass is 35.5. The summed E-state index contributed by atoms with van der Waals surface area (Å²) >= 11 is 12.1. The molecular weight excluding hydrogens is 325 g/mol. The van der Waals surface area contributed by atoms with Gasteiger partial charge < -0.3 is 16.2 Å². The van der Waals surface area contributed by atoms with E-state index in [1.807, 2.05) is 13.8 Å². The van der Waals surface area contributed by atoms with E-state index < -0.39 is 5.97 Å². The highest BCUT2D eigenvalue weighted by Crippen LogP contribution is 2.37. The Labute approximate surface area is 138 Å². The van der Waals surface area contributed by atoms with Crippen molar-refractivity contribution in [3.05, 3.63) is 39.0 Å². The summed E-state index contributed by atoms with van der Waals surface area (Å²) in [6.07, 6.45) is 0. The first kappa shape index (κ1) is 16.4. The standard InChI is InChI=1S/C15H15Cl2N3O2/c1-6-7(2)12(9(18)4-8(6)16)11-5-10(19)13(17)14(20-11)15(21)22-3/h4-5H,18H2,1-3H3,(H2,19,20). The van der Waals surface area contributed by atoms with Crippen LogP contribution in [0.1, 0.15) is 21.6 Å². The quantitative estimate of drug-likeness (QED) is 0.643. The summed E-state index contributed by atoms with van der Waals surface area (Å²) in [6.45, 7) is 3.75. The first-order valence-corrected chi connectivity index (χ1v) is 7.13. The first-order chi connectivity index (χ1) is 10.3. The van der Waals surface area contributed by atoms with Gasteiger partial charge in [-0.25, -0.2) is 9.78 Å². The van der Waals surface area contributed by atoms with Crippen molar-refractivity contribution < 1.29 is 9.53 Å². The van der Waals surface area contributed by atoms with Gasteiger partial charge in [-0.1, -0.05) is 23.2 Å². The topological polar surface area (TPSA) is 91.2 Å². The van der Waals surface area contributed by atoms with Crippen LogP contribution >= 0.6 is 23.2 Å². The number of anilines is 2. The minimum absolute atomic E-state index is 0.0504. The van der Waals surface area contributed by atoms with Crippen LogP contribution in [0.25, 0.3) is 11.3 Å². The van der Waals surface area contributed by atoms with Gasteiger partial charge in [0.25, 0.3) is 0 Å². The Hall–Kier alpha value is -1.98. The number of nitrogen functional groups attached to an aromatic ring is 2. The number of pyridine rings is 1. The third-order valence-corrected chi connectivity index (χ3v) is 4.28. The fourth-order valence-corrected chi connectivity index (χ4v) is 2.58. The molecule has 0 bridgehead atoms. The van der Waals surface area contributed by atoms with Crippen LogP contribution in [0.4, 0.5) is 11.4 Å². The second-order valence-electron chi connectivity index (χ2n) is 4.82. The molecule has 0 aliphatic carbocycles. The molecule has 22 heavy (non-hydrogen) atoms. The zero-order valence-electron chi connectivity index (χ0n) is 12.3. The fourth-order valence-electron chi connectivity index (χ4n) is 2.15. The molecule has 5 nitrogen and oxygen atoms in total. The molecule has 7 heteroatoms. The average molecular weight is 340 g/mol. The van der Waals surface area contributed by atoms with Gasteiger partial charge in [0.2, 0.25) is 0 Å². The molecule has 1 aromatic carbocycles. The number of carbonyl (C=O) groups excluding carboxylic acids is 1. The van der Waals surface area contributed by atoms with Crippen LogP contribution in [0.15, 0.2) is 12.1 Å². The van der Waals surface area contributed by atoms with E-state index in [4.69, 9.17) is 34.7 Å². The van der Waals surface area contributed by atoms with Crippen molar-refractivity contribution >= 4 is 40.5 Å². The van der Waals surface area contributed by atoms with Crippen molar-refractivity contribution in [2.24, 2.45) is 0 Å². The molecule has 1 heterocycles. The van der Waals surface area contributed by atoms with E-state index in [9.17, 15) is 4.79 Å². The van der Waals surface area contributed by atoms with Crippen LogP contribution in [0.3, 0.4) is 0 Å². The third kappa shape index (κ3) is 2.69. The number of rotatable bonds is 2. The number of ether oxygens (including phenoxy) is 1. The Morgan fingerprint density at radius 2 is 1.77 bits per heavy atom. The zero-order chi connectivity index (χ0) is 16.6. The lowest BCUT2D eigenvalue weighted by Crippen LogP contribution is -2.09. The number of benzene rings is 1. The van der Waals surface area contributed by atoms with E-state index in [-0.39, 0.29) is 16.4 Å². The number of hydrogen-bond donors (Lipinski definition) is 2. The molecule has 0 aliphatic heterocycles. The van der Waals surface area contributed by atoms with Gasteiger partial charge in [0, 0.05) is 16.3 Å². The monoisotopic (exact) mass is 339 g/mol. The second-order valence-corrected chi connectivity index (χ2v) is 5.61. The molecule has 0 fully saturated rings. The molecule has 0 spiro atoms. The predicted molar refractivity (Wildman–Crippen MR) is 89.3 cm³/mol. The second kappa shape index (κ2) is 6.02. The molecule has 0 atom stereocenters. The molecule has 1 aromatic heterocycles. The first-order valence-electron chi connectivity index (χ1n) is 6.37. The Kier molecular flexibility index (Phi) is 4.49. The molecule has 0 saturated heterocycles. The lowest BCUT2D eigenvalue weighted by molar-refractivity contribution is 0.0594. The maximum atomic E-state index is 11.8. The van der Waals surface area contributed by atoms with Gasteiger partial charge in [-0.05, 0) is 37.1 Å². The highest BCUT2D eigenvalue weighted by molar-refractivity contribution is 6.35. The molecule has 0 saturated carbocycles. The van der Waals surface area contributed by atoms with Crippen molar-refractivity contribution in [3.63, 3.8) is 0 Å². The SMILES string of the molecule is COC(=O)c1nc(-c2c(N)cc(Cl)c(C)c2C)cc(N)c1Cl. The number of carbonyl (C=O) groups is 1. The smallest absolute Gasteiger partial charge is 0.358 e. The van der Waals surface area contributed by atoms with Gasteiger partial charge in [0.1, 0.15) is 0 Å². The molecule has 0 unspecified atom stereocenters. The average Bonchev–Trinajstić information content (AvgIpc) is 2.47. The van der Waals surface area contributed by atoms with Crippen molar-refractivity contribution in [2.75, 3.05) is 18.6 Å². The van der Waals surface area contributed by atoms with Crippen LogP contribution < -0.4 is 11.5 Å². The van der Waals surface area contributed by atoms with E-state index in [1.165, 1.54) is 7.11 Å². The lowest BCUT2D eigenvalue weighted by atomic mass is 9.98. The molecular formula is C15H15Cl2N3O2. The number of esters is 1. The number of nitrogens with two attached hydrogens (primary N) is 2. The van der Waals surface area contributed by atoms with Gasteiger partial charge in [0.15, 0.2) is 5.69 Å². The Morgan fingerprint density at radius 3 is 2.36 bits per heavy atom. The van der Waals surface area contributed by atoms with Crippen LogP contribution in [0.5, 0.6) is 0 Å². The molecule has 0 radical (unpaired) electrons. The lowest BCUT2D eigenvalue weighted by Gasteiger charge is -2.15.